The van der Waals surface area contributed by atoms with E-state index in [4.69, 9.17) is 10.7 Å². The van der Waals surface area contributed by atoms with Crippen molar-refractivity contribution < 1.29 is 19.8 Å². The number of carboxylic acids is 1. The third-order valence-electron chi connectivity index (χ3n) is 6.79. The number of nitrogens with one attached hydrogen (secondary N) is 1. The molecule has 0 fully saturated rings. The molecule has 5 N–H and O–H groups in total. The van der Waals surface area contributed by atoms with Crippen LogP contribution in [0.4, 0.5) is 0 Å². The highest BCUT2D eigenvalue weighted by Gasteiger charge is 2.29. The number of hydrogen-bond donors (Lipinski definition) is 4. The summed E-state index contributed by atoms with van der Waals surface area (Å²) in [5, 5.41) is 19.1. The van der Waals surface area contributed by atoms with Gasteiger partial charge in [-0.3, -0.25) is 4.79 Å². The Balaban J connectivity index is 1.63. The number of carbonyl (C=O) groups is 2. The SMILES string of the molecule is Cc1cc(O)cc(C)c1C[C@H](N)C(=O)N(Cc1ccc(C(=O)O)cc1)C(C)c1nc(-c2ccccc2)c[nH]1. The minimum atomic E-state index is -1.01. The van der Waals surface area contributed by atoms with Crippen molar-refractivity contribution in [1.82, 2.24) is 14.9 Å². The van der Waals surface area contributed by atoms with Gasteiger partial charge in [0.1, 0.15) is 11.6 Å². The molecule has 0 aliphatic rings. The average molecular weight is 513 g/mol. The molecule has 196 valence electrons. The summed E-state index contributed by atoms with van der Waals surface area (Å²) >= 11 is 0. The van der Waals surface area contributed by atoms with Gasteiger partial charge >= 0.3 is 5.97 Å². The molecule has 0 saturated heterocycles. The molecule has 4 aromatic rings. The lowest BCUT2D eigenvalue weighted by Gasteiger charge is -2.31. The second-order valence-corrected chi connectivity index (χ2v) is 9.55. The Labute approximate surface area is 221 Å². The first-order chi connectivity index (χ1) is 18.1. The quantitative estimate of drug-likeness (QED) is 0.256. The Morgan fingerprint density at radius 3 is 2.26 bits per heavy atom. The van der Waals surface area contributed by atoms with Crippen LogP contribution in [0.1, 0.15) is 51.4 Å². The fourth-order valence-corrected chi connectivity index (χ4v) is 4.62. The number of aromatic carboxylic acids is 1. The predicted octanol–water partition coefficient (Wildman–Crippen LogP) is 4.76. The van der Waals surface area contributed by atoms with Gasteiger partial charge in [0.25, 0.3) is 0 Å². The van der Waals surface area contributed by atoms with Gasteiger partial charge in [0.15, 0.2) is 0 Å². The zero-order chi connectivity index (χ0) is 27.4. The van der Waals surface area contributed by atoms with Gasteiger partial charge in [-0.2, -0.15) is 0 Å². The predicted molar refractivity (Wildman–Crippen MR) is 146 cm³/mol. The van der Waals surface area contributed by atoms with Crippen LogP contribution in [-0.4, -0.2) is 43.0 Å². The highest BCUT2D eigenvalue weighted by atomic mass is 16.4. The van der Waals surface area contributed by atoms with Gasteiger partial charge < -0.3 is 25.8 Å². The van der Waals surface area contributed by atoms with Crippen LogP contribution >= 0.6 is 0 Å². The summed E-state index contributed by atoms with van der Waals surface area (Å²) in [6.07, 6.45) is 2.12. The van der Waals surface area contributed by atoms with Crippen molar-refractivity contribution in [3.63, 3.8) is 0 Å². The Bertz CT molecular complexity index is 1410. The molecule has 38 heavy (non-hydrogen) atoms. The Hall–Kier alpha value is -4.43. The number of rotatable bonds is 9. The van der Waals surface area contributed by atoms with E-state index in [2.05, 4.69) is 4.98 Å². The lowest BCUT2D eigenvalue weighted by atomic mass is 9.95. The lowest BCUT2D eigenvalue weighted by molar-refractivity contribution is -0.135. The number of carbonyl (C=O) groups excluding carboxylic acids is 1. The molecule has 1 heterocycles. The molecule has 0 saturated carbocycles. The molecule has 8 nitrogen and oxygen atoms in total. The first kappa shape index (κ1) is 26.6. The van der Waals surface area contributed by atoms with Gasteiger partial charge in [-0.05, 0) is 73.7 Å². The number of aromatic amines is 1. The number of imidazole rings is 1. The van der Waals surface area contributed by atoms with Gasteiger partial charge in [-0.15, -0.1) is 0 Å². The van der Waals surface area contributed by atoms with Crippen molar-refractivity contribution >= 4 is 11.9 Å². The number of nitrogens with two attached hydrogens (primary N) is 1. The van der Waals surface area contributed by atoms with E-state index in [0.717, 1.165) is 33.5 Å². The van der Waals surface area contributed by atoms with Crippen LogP contribution in [0.25, 0.3) is 11.3 Å². The monoisotopic (exact) mass is 512 g/mol. The second kappa shape index (κ2) is 11.3. The van der Waals surface area contributed by atoms with Crippen LogP contribution in [0.15, 0.2) is 72.9 Å². The molecule has 8 heteroatoms. The Morgan fingerprint density at radius 2 is 1.66 bits per heavy atom. The minimum Gasteiger partial charge on any atom is -0.508 e. The van der Waals surface area contributed by atoms with Crippen molar-refractivity contribution in [1.29, 1.82) is 0 Å². The Morgan fingerprint density at radius 1 is 1.03 bits per heavy atom. The lowest BCUT2D eigenvalue weighted by Crippen LogP contribution is -2.46. The van der Waals surface area contributed by atoms with Crippen molar-refractivity contribution in [2.24, 2.45) is 5.73 Å². The summed E-state index contributed by atoms with van der Waals surface area (Å²) in [5.74, 6) is -0.479. The smallest absolute Gasteiger partial charge is 0.335 e. The third-order valence-corrected chi connectivity index (χ3v) is 6.79. The van der Waals surface area contributed by atoms with Crippen LogP contribution in [0.5, 0.6) is 5.75 Å². The van der Waals surface area contributed by atoms with E-state index in [1.165, 1.54) is 12.1 Å². The van der Waals surface area contributed by atoms with Gasteiger partial charge in [0, 0.05) is 18.3 Å². The molecular formula is C30H32N4O4. The van der Waals surface area contributed by atoms with E-state index in [0.29, 0.717) is 12.2 Å². The summed E-state index contributed by atoms with van der Waals surface area (Å²) in [7, 11) is 0. The molecule has 1 amide bonds. The molecular weight excluding hydrogens is 480 g/mol. The number of amides is 1. The van der Waals surface area contributed by atoms with E-state index < -0.39 is 18.1 Å². The zero-order valence-electron chi connectivity index (χ0n) is 21.7. The summed E-state index contributed by atoms with van der Waals surface area (Å²) in [6.45, 7) is 5.89. The average Bonchev–Trinajstić information content (AvgIpc) is 3.40. The van der Waals surface area contributed by atoms with Crippen LogP contribution in [-0.2, 0) is 17.8 Å². The molecule has 2 atom stereocenters. The van der Waals surface area contributed by atoms with Gasteiger partial charge in [-0.1, -0.05) is 42.5 Å². The van der Waals surface area contributed by atoms with Crippen LogP contribution in [0.2, 0.25) is 0 Å². The number of benzene rings is 3. The van der Waals surface area contributed by atoms with E-state index in [-0.39, 0.29) is 23.8 Å². The molecule has 0 radical (unpaired) electrons. The topological polar surface area (TPSA) is 133 Å². The summed E-state index contributed by atoms with van der Waals surface area (Å²) in [4.78, 5) is 34.7. The fourth-order valence-electron chi connectivity index (χ4n) is 4.62. The number of carboxylic acid groups (broad SMARTS) is 1. The fraction of sp³-hybridized carbons (Fsp3) is 0.233. The highest BCUT2D eigenvalue weighted by molar-refractivity contribution is 5.87. The Kier molecular flexibility index (Phi) is 7.93. The molecule has 0 spiro atoms. The zero-order valence-corrected chi connectivity index (χ0v) is 21.7. The summed E-state index contributed by atoms with van der Waals surface area (Å²) < 4.78 is 0. The first-order valence-corrected chi connectivity index (χ1v) is 12.4. The first-order valence-electron chi connectivity index (χ1n) is 12.4. The highest BCUT2D eigenvalue weighted by Crippen LogP contribution is 2.26. The van der Waals surface area contributed by atoms with Crippen LogP contribution in [0.3, 0.4) is 0 Å². The molecule has 3 aromatic carbocycles. The van der Waals surface area contributed by atoms with Crippen LogP contribution in [0, 0.1) is 13.8 Å². The van der Waals surface area contributed by atoms with Crippen molar-refractivity contribution in [3.8, 4) is 17.0 Å². The van der Waals surface area contributed by atoms with E-state index in [1.54, 1.807) is 29.2 Å². The number of phenols is 1. The summed E-state index contributed by atoms with van der Waals surface area (Å²) in [5.41, 5.74) is 11.8. The van der Waals surface area contributed by atoms with Crippen molar-refractivity contribution in [3.05, 3.63) is 107 Å². The van der Waals surface area contributed by atoms with E-state index in [9.17, 15) is 19.8 Å². The van der Waals surface area contributed by atoms with Crippen molar-refractivity contribution in [2.75, 3.05) is 0 Å². The molecule has 4 rings (SSSR count). The maximum Gasteiger partial charge on any atom is 0.335 e. The van der Waals surface area contributed by atoms with E-state index in [1.807, 2.05) is 57.3 Å². The summed E-state index contributed by atoms with van der Waals surface area (Å²) in [6, 6.07) is 18.3. The van der Waals surface area contributed by atoms with Crippen molar-refractivity contribution in [2.45, 2.75) is 45.8 Å². The maximum absolute atomic E-state index is 13.8. The number of H-pyrrole nitrogens is 1. The normalized spacial score (nSPS) is 12.6. The number of hydrogen-bond acceptors (Lipinski definition) is 5. The van der Waals surface area contributed by atoms with E-state index >= 15 is 0 Å². The number of nitrogens with zero attached hydrogens (tertiary/aromatic N) is 2. The molecule has 0 aliphatic heterocycles. The second-order valence-electron chi connectivity index (χ2n) is 9.55. The minimum absolute atomic E-state index is 0.174. The number of aromatic hydroxyl groups is 1. The van der Waals surface area contributed by atoms with Gasteiger partial charge in [0.05, 0.1) is 23.3 Å². The number of phenolic OH excluding ortho intramolecular Hbond substituents is 1. The largest absolute Gasteiger partial charge is 0.508 e. The standard InChI is InChI=1S/C30H32N4O4/c1-18-13-24(35)14-19(2)25(18)15-26(31)29(36)34(17-21-9-11-23(12-10-21)30(37)38)20(3)28-32-16-27(33-28)22-7-5-4-6-8-22/h4-14,16,20,26,35H,15,17,31H2,1-3H3,(H,32,33)(H,37,38)/t20?,26-/m0/s1. The van der Waals surface area contributed by atoms with Gasteiger partial charge in [-0.25, -0.2) is 9.78 Å². The molecule has 1 unspecified atom stereocenters. The molecule has 0 aliphatic carbocycles. The van der Waals surface area contributed by atoms with Gasteiger partial charge in [0.2, 0.25) is 5.91 Å². The molecule has 0 bridgehead atoms. The maximum atomic E-state index is 13.8. The van der Waals surface area contributed by atoms with Crippen LogP contribution < -0.4 is 5.73 Å². The number of aryl methyl sites for hydroxylation is 2. The third kappa shape index (κ3) is 5.92. The molecule has 1 aromatic heterocycles. The number of aromatic nitrogens is 2.